The molecule has 0 amide bonds. The number of anilines is 1. The van der Waals surface area contributed by atoms with Crippen molar-refractivity contribution in [1.82, 2.24) is 0 Å². The van der Waals surface area contributed by atoms with Gasteiger partial charge in [-0.3, -0.25) is 4.31 Å². The highest BCUT2D eigenvalue weighted by Gasteiger charge is 2.37. The van der Waals surface area contributed by atoms with E-state index >= 15 is 0 Å². The topological polar surface area (TPSA) is 93.1 Å². The average Bonchev–Trinajstić information content (AvgIpc) is 2.81. The van der Waals surface area contributed by atoms with Crippen molar-refractivity contribution in [3.63, 3.8) is 0 Å². The molecule has 1 N–H and O–H groups in total. The summed E-state index contributed by atoms with van der Waals surface area (Å²) in [6, 6.07) is 10.1. The van der Waals surface area contributed by atoms with Gasteiger partial charge in [0.15, 0.2) is 0 Å². The number of carboxylic acid groups (broad SMARTS) is 1. The molecule has 1 saturated heterocycles. The minimum Gasteiger partial charge on any atom is -0.492 e. The fourth-order valence-electron chi connectivity index (χ4n) is 4.82. The zero-order valence-corrected chi connectivity index (χ0v) is 21.7. The summed E-state index contributed by atoms with van der Waals surface area (Å²) < 4.78 is 40.3. The van der Waals surface area contributed by atoms with Crippen LogP contribution in [0.1, 0.15) is 67.9 Å². The van der Waals surface area contributed by atoms with E-state index in [1.807, 2.05) is 12.1 Å². The number of fused-ring (bicyclic) bond motifs is 1. The number of nitrogens with zero attached hydrogens (tertiary/aromatic N) is 1. The zero-order chi connectivity index (χ0) is 25.4. The molecule has 8 heteroatoms. The van der Waals surface area contributed by atoms with Gasteiger partial charge in [-0.1, -0.05) is 39.8 Å². The van der Waals surface area contributed by atoms with Crippen LogP contribution in [0.25, 0.3) is 0 Å². The van der Waals surface area contributed by atoms with E-state index in [2.05, 4.69) is 33.8 Å². The lowest BCUT2D eigenvalue weighted by Gasteiger charge is -2.40. The van der Waals surface area contributed by atoms with E-state index < -0.39 is 16.0 Å². The maximum absolute atomic E-state index is 13.8. The number of rotatable bonds is 7. The molecule has 2 aromatic carbocycles. The molecule has 7 nitrogen and oxygen atoms in total. The van der Waals surface area contributed by atoms with Gasteiger partial charge in [-0.2, -0.15) is 0 Å². The lowest BCUT2D eigenvalue weighted by Crippen LogP contribution is -2.44. The van der Waals surface area contributed by atoms with Gasteiger partial charge in [0.25, 0.3) is 10.0 Å². The average molecular weight is 502 g/mol. The van der Waals surface area contributed by atoms with Gasteiger partial charge in [0, 0.05) is 19.8 Å². The van der Waals surface area contributed by atoms with E-state index in [0.717, 1.165) is 30.4 Å². The van der Waals surface area contributed by atoms with Crippen LogP contribution in [0.2, 0.25) is 0 Å². The Morgan fingerprint density at radius 3 is 2.54 bits per heavy atom. The predicted octanol–water partition coefficient (Wildman–Crippen LogP) is 5.09. The molecule has 4 rings (SSSR count). The van der Waals surface area contributed by atoms with Crippen molar-refractivity contribution in [3.05, 3.63) is 53.1 Å². The first-order valence-corrected chi connectivity index (χ1v) is 13.7. The molecule has 0 bridgehead atoms. The Bertz CT molecular complexity index is 1200. The summed E-state index contributed by atoms with van der Waals surface area (Å²) in [4.78, 5) is 12.0. The van der Waals surface area contributed by atoms with E-state index in [4.69, 9.17) is 9.47 Å². The third kappa shape index (κ3) is 5.48. The molecule has 2 aromatic rings. The maximum atomic E-state index is 13.8. The summed E-state index contributed by atoms with van der Waals surface area (Å²) in [5.41, 5.74) is 2.40. The van der Waals surface area contributed by atoms with Crippen molar-refractivity contribution >= 4 is 21.7 Å². The summed E-state index contributed by atoms with van der Waals surface area (Å²) in [7, 11) is -3.99. The molecule has 0 aliphatic carbocycles. The first-order valence-electron chi connectivity index (χ1n) is 12.2. The normalized spacial score (nSPS) is 18.4. The van der Waals surface area contributed by atoms with Crippen molar-refractivity contribution in [2.24, 2.45) is 11.3 Å². The van der Waals surface area contributed by atoms with Crippen LogP contribution in [0.3, 0.4) is 0 Å². The first kappa shape index (κ1) is 25.5. The van der Waals surface area contributed by atoms with Gasteiger partial charge < -0.3 is 14.6 Å². The molecular weight excluding hydrogens is 466 g/mol. The van der Waals surface area contributed by atoms with Crippen molar-refractivity contribution < 1.29 is 27.8 Å². The van der Waals surface area contributed by atoms with Gasteiger partial charge >= 0.3 is 5.97 Å². The van der Waals surface area contributed by atoms with Crippen molar-refractivity contribution in [2.45, 2.75) is 57.8 Å². The van der Waals surface area contributed by atoms with Crippen molar-refractivity contribution in [2.75, 3.05) is 30.7 Å². The SMILES string of the molecule is CC(C)c1ccc2c(c1)CC(C)(C)CN2S(=O)(=O)c1ccc(OCC2CCOCC2)c(C(=O)O)c1. The number of carbonyl (C=O) groups is 1. The van der Waals surface area contributed by atoms with E-state index in [9.17, 15) is 18.3 Å². The van der Waals surface area contributed by atoms with Crippen molar-refractivity contribution in [1.29, 1.82) is 0 Å². The minimum atomic E-state index is -3.99. The van der Waals surface area contributed by atoms with Crippen molar-refractivity contribution in [3.8, 4) is 5.75 Å². The molecule has 2 aliphatic heterocycles. The number of hydrogen-bond acceptors (Lipinski definition) is 5. The van der Waals surface area contributed by atoms with E-state index in [1.54, 1.807) is 0 Å². The third-order valence-corrected chi connectivity index (χ3v) is 8.62. The van der Waals surface area contributed by atoms with Crippen LogP contribution in [0, 0.1) is 11.3 Å². The molecule has 0 spiro atoms. The van der Waals surface area contributed by atoms with E-state index in [-0.39, 0.29) is 27.5 Å². The second kappa shape index (κ2) is 9.82. The quantitative estimate of drug-likeness (QED) is 0.568. The standard InChI is InChI=1S/C27H35NO6S/c1-18(2)20-5-7-24-21(13-20)15-27(3,4)17-28(24)35(31,32)22-6-8-25(23(14-22)26(29)30)34-16-19-9-11-33-12-10-19/h5-8,13-14,18-19H,9-12,15-17H2,1-4H3,(H,29,30). The van der Waals surface area contributed by atoms with Crippen LogP contribution < -0.4 is 9.04 Å². The Hall–Kier alpha value is -2.58. The van der Waals surface area contributed by atoms with E-state index in [1.165, 1.54) is 22.5 Å². The summed E-state index contributed by atoms with van der Waals surface area (Å²) in [6.07, 6.45) is 2.49. The summed E-state index contributed by atoms with van der Waals surface area (Å²) in [5.74, 6) is -0.410. The molecule has 2 aliphatic rings. The Morgan fingerprint density at radius 2 is 1.89 bits per heavy atom. The lowest BCUT2D eigenvalue weighted by molar-refractivity contribution is 0.0490. The maximum Gasteiger partial charge on any atom is 0.339 e. The first-order chi connectivity index (χ1) is 16.5. The molecule has 35 heavy (non-hydrogen) atoms. The second-order valence-corrected chi connectivity index (χ2v) is 12.6. The van der Waals surface area contributed by atoms with Crippen LogP contribution in [-0.4, -0.2) is 45.9 Å². The number of ether oxygens (including phenoxy) is 2. The highest BCUT2D eigenvalue weighted by Crippen LogP contribution is 2.41. The molecule has 2 heterocycles. The largest absolute Gasteiger partial charge is 0.492 e. The molecule has 190 valence electrons. The number of aromatic carboxylic acids is 1. The Balaban J connectivity index is 1.67. The second-order valence-electron chi connectivity index (χ2n) is 10.7. The molecular formula is C27H35NO6S. The predicted molar refractivity (Wildman–Crippen MR) is 135 cm³/mol. The number of hydrogen-bond donors (Lipinski definition) is 1. The summed E-state index contributed by atoms with van der Waals surface area (Å²) in [6.45, 7) is 10.4. The monoisotopic (exact) mass is 501 g/mol. The van der Waals surface area contributed by atoms with Crippen LogP contribution >= 0.6 is 0 Å². The molecule has 0 saturated carbocycles. The van der Waals surface area contributed by atoms with Crippen LogP contribution in [0.5, 0.6) is 5.75 Å². The Morgan fingerprint density at radius 1 is 1.17 bits per heavy atom. The molecule has 0 radical (unpaired) electrons. The van der Waals surface area contributed by atoms with Gasteiger partial charge in [-0.25, -0.2) is 13.2 Å². The third-order valence-electron chi connectivity index (χ3n) is 6.86. The molecule has 0 atom stereocenters. The Kier molecular flexibility index (Phi) is 7.16. The summed E-state index contributed by atoms with van der Waals surface area (Å²) >= 11 is 0. The number of sulfonamides is 1. The fourth-order valence-corrected chi connectivity index (χ4v) is 6.54. The van der Waals surface area contributed by atoms with E-state index in [0.29, 0.717) is 38.0 Å². The number of carboxylic acids is 1. The zero-order valence-electron chi connectivity index (χ0n) is 20.9. The van der Waals surface area contributed by atoms with Gasteiger partial charge in [-0.05, 0) is 71.9 Å². The van der Waals surface area contributed by atoms with Crippen LogP contribution in [0.15, 0.2) is 41.3 Å². The molecule has 1 fully saturated rings. The minimum absolute atomic E-state index is 0.0510. The van der Waals surface area contributed by atoms with Crippen LogP contribution in [0.4, 0.5) is 5.69 Å². The number of benzene rings is 2. The smallest absolute Gasteiger partial charge is 0.339 e. The Labute approximate surface area is 208 Å². The van der Waals surface area contributed by atoms with Gasteiger partial charge in [-0.15, -0.1) is 0 Å². The fraction of sp³-hybridized carbons (Fsp3) is 0.519. The highest BCUT2D eigenvalue weighted by atomic mass is 32.2. The van der Waals surface area contributed by atoms with Crippen LogP contribution in [-0.2, 0) is 21.2 Å². The lowest BCUT2D eigenvalue weighted by atomic mass is 9.81. The molecule has 0 aromatic heterocycles. The van der Waals surface area contributed by atoms with Gasteiger partial charge in [0.2, 0.25) is 0 Å². The van der Waals surface area contributed by atoms with Gasteiger partial charge in [0.1, 0.15) is 11.3 Å². The summed E-state index contributed by atoms with van der Waals surface area (Å²) in [5, 5.41) is 9.82. The highest BCUT2D eigenvalue weighted by molar-refractivity contribution is 7.92. The van der Waals surface area contributed by atoms with Gasteiger partial charge in [0.05, 0.1) is 17.2 Å². The molecule has 0 unspecified atom stereocenters.